The van der Waals surface area contributed by atoms with Crippen molar-refractivity contribution >= 4 is 10.8 Å². The molecule has 4 N–H and O–H groups in total. The van der Waals surface area contributed by atoms with Crippen molar-refractivity contribution in [3.05, 3.63) is 47.5 Å². The van der Waals surface area contributed by atoms with Crippen LogP contribution in [-0.4, -0.2) is 20.4 Å². The summed E-state index contributed by atoms with van der Waals surface area (Å²) in [7, 11) is 0. The zero-order valence-corrected chi connectivity index (χ0v) is 12.3. The Morgan fingerprint density at radius 3 is 2.05 bits per heavy atom. The molecular weight excluding hydrogens is 280 g/mol. The first kappa shape index (κ1) is 14.1. The van der Waals surface area contributed by atoms with Crippen molar-refractivity contribution in [3.63, 3.8) is 0 Å². The average molecular weight is 296 g/mol. The van der Waals surface area contributed by atoms with E-state index in [1.807, 2.05) is 37.3 Å². The zero-order valence-electron chi connectivity index (χ0n) is 12.3. The van der Waals surface area contributed by atoms with Gasteiger partial charge in [0.1, 0.15) is 5.75 Å². The van der Waals surface area contributed by atoms with E-state index in [1.165, 1.54) is 6.92 Å². The SMILES string of the molecule is Cc1c(O)c(O)c(O)c(-c2ccc3ccccc3c2C)c1O. The Balaban J connectivity index is 2.40. The third-order valence-corrected chi connectivity index (χ3v) is 4.10. The summed E-state index contributed by atoms with van der Waals surface area (Å²) in [6, 6.07) is 11.4. The average Bonchev–Trinajstić information content (AvgIpc) is 2.53. The standard InChI is InChI=1S/C18H16O4/c1-9-12-6-4-3-5-11(12)7-8-13(9)14-15(19)10(2)16(20)18(22)17(14)21/h3-8,19-22H,1-2H3. The molecule has 0 amide bonds. The molecule has 0 aliphatic heterocycles. The molecule has 0 atom stereocenters. The molecule has 22 heavy (non-hydrogen) atoms. The fourth-order valence-corrected chi connectivity index (χ4v) is 2.77. The molecule has 0 fully saturated rings. The second-order valence-corrected chi connectivity index (χ2v) is 5.35. The van der Waals surface area contributed by atoms with E-state index in [1.54, 1.807) is 6.07 Å². The molecule has 3 aromatic carbocycles. The van der Waals surface area contributed by atoms with Gasteiger partial charge >= 0.3 is 0 Å². The number of aromatic hydroxyl groups is 4. The predicted octanol–water partition coefficient (Wildman–Crippen LogP) is 3.95. The molecule has 4 nitrogen and oxygen atoms in total. The lowest BCUT2D eigenvalue weighted by Crippen LogP contribution is -1.90. The normalized spacial score (nSPS) is 11.0. The molecule has 4 heteroatoms. The summed E-state index contributed by atoms with van der Waals surface area (Å²) >= 11 is 0. The maximum atomic E-state index is 10.3. The smallest absolute Gasteiger partial charge is 0.201 e. The molecule has 0 radical (unpaired) electrons. The van der Waals surface area contributed by atoms with Crippen molar-refractivity contribution in [2.45, 2.75) is 13.8 Å². The van der Waals surface area contributed by atoms with E-state index >= 15 is 0 Å². The van der Waals surface area contributed by atoms with Crippen molar-refractivity contribution in [1.29, 1.82) is 0 Å². The fourth-order valence-electron chi connectivity index (χ4n) is 2.77. The van der Waals surface area contributed by atoms with Crippen molar-refractivity contribution < 1.29 is 20.4 Å². The van der Waals surface area contributed by atoms with Crippen molar-refractivity contribution in [3.8, 4) is 34.1 Å². The van der Waals surface area contributed by atoms with Crippen LogP contribution >= 0.6 is 0 Å². The quantitative estimate of drug-likeness (QED) is 0.405. The van der Waals surface area contributed by atoms with Crippen LogP contribution in [-0.2, 0) is 0 Å². The minimum atomic E-state index is -0.627. The lowest BCUT2D eigenvalue weighted by atomic mass is 9.92. The van der Waals surface area contributed by atoms with Gasteiger partial charge in [0.25, 0.3) is 0 Å². The van der Waals surface area contributed by atoms with Gasteiger partial charge < -0.3 is 20.4 Å². The van der Waals surface area contributed by atoms with Gasteiger partial charge in [-0.3, -0.25) is 0 Å². The van der Waals surface area contributed by atoms with E-state index in [0.29, 0.717) is 5.56 Å². The topological polar surface area (TPSA) is 80.9 Å². The van der Waals surface area contributed by atoms with E-state index in [-0.39, 0.29) is 16.9 Å². The fraction of sp³-hybridized carbons (Fsp3) is 0.111. The molecule has 0 saturated carbocycles. The molecule has 3 aromatic rings. The molecule has 0 aliphatic carbocycles. The van der Waals surface area contributed by atoms with Gasteiger partial charge in [-0.05, 0) is 35.7 Å². The van der Waals surface area contributed by atoms with Crippen LogP contribution in [0.15, 0.2) is 36.4 Å². The summed E-state index contributed by atoms with van der Waals surface area (Å²) in [5.74, 6) is -1.92. The lowest BCUT2D eigenvalue weighted by molar-refractivity contribution is 0.360. The van der Waals surface area contributed by atoms with E-state index < -0.39 is 17.2 Å². The highest BCUT2D eigenvalue weighted by atomic mass is 16.3. The van der Waals surface area contributed by atoms with Gasteiger partial charge in [-0.1, -0.05) is 36.4 Å². The number of phenols is 4. The number of hydrogen-bond acceptors (Lipinski definition) is 4. The van der Waals surface area contributed by atoms with Gasteiger partial charge in [0.05, 0.1) is 5.56 Å². The minimum Gasteiger partial charge on any atom is -0.507 e. The van der Waals surface area contributed by atoms with Gasteiger partial charge in [0.2, 0.25) is 5.75 Å². The van der Waals surface area contributed by atoms with Crippen molar-refractivity contribution in [2.75, 3.05) is 0 Å². The molecule has 0 saturated heterocycles. The molecular formula is C18H16O4. The molecule has 0 unspecified atom stereocenters. The number of phenolic OH excluding ortho intramolecular Hbond substituents is 4. The summed E-state index contributed by atoms with van der Waals surface area (Å²) in [5.41, 5.74) is 1.72. The first-order chi connectivity index (χ1) is 10.4. The first-order valence-electron chi connectivity index (χ1n) is 6.88. The largest absolute Gasteiger partial charge is 0.507 e. The Hall–Kier alpha value is -2.88. The highest BCUT2D eigenvalue weighted by Crippen LogP contribution is 2.51. The Kier molecular flexibility index (Phi) is 3.10. The van der Waals surface area contributed by atoms with Crippen LogP contribution in [0, 0.1) is 13.8 Å². The van der Waals surface area contributed by atoms with E-state index in [2.05, 4.69) is 0 Å². The van der Waals surface area contributed by atoms with Crippen LogP contribution in [0.1, 0.15) is 11.1 Å². The Morgan fingerprint density at radius 1 is 0.636 bits per heavy atom. The summed E-state index contributed by atoms with van der Waals surface area (Å²) in [6.45, 7) is 3.36. The van der Waals surface area contributed by atoms with Gasteiger partial charge in [-0.25, -0.2) is 0 Å². The highest BCUT2D eigenvalue weighted by molar-refractivity contribution is 5.95. The van der Waals surface area contributed by atoms with Crippen molar-refractivity contribution in [2.24, 2.45) is 0 Å². The zero-order chi connectivity index (χ0) is 16.0. The highest BCUT2D eigenvalue weighted by Gasteiger charge is 2.23. The second kappa shape index (κ2) is 4.84. The van der Waals surface area contributed by atoms with E-state index in [4.69, 9.17) is 0 Å². The second-order valence-electron chi connectivity index (χ2n) is 5.35. The number of rotatable bonds is 1. The van der Waals surface area contributed by atoms with Crippen LogP contribution < -0.4 is 0 Å². The van der Waals surface area contributed by atoms with Crippen LogP contribution in [0.3, 0.4) is 0 Å². The van der Waals surface area contributed by atoms with Gasteiger partial charge in [-0.15, -0.1) is 0 Å². The van der Waals surface area contributed by atoms with E-state index in [0.717, 1.165) is 16.3 Å². The molecule has 0 aromatic heterocycles. The lowest BCUT2D eigenvalue weighted by Gasteiger charge is -2.16. The molecule has 3 rings (SSSR count). The number of hydrogen-bond donors (Lipinski definition) is 4. The maximum absolute atomic E-state index is 10.3. The van der Waals surface area contributed by atoms with Crippen LogP contribution in [0.25, 0.3) is 21.9 Å². The van der Waals surface area contributed by atoms with Crippen molar-refractivity contribution in [1.82, 2.24) is 0 Å². The van der Waals surface area contributed by atoms with Crippen LogP contribution in [0.2, 0.25) is 0 Å². The molecule has 0 heterocycles. The number of benzene rings is 3. The first-order valence-corrected chi connectivity index (χ1v) is 6.88. The monoisotopic (exact) mass is 296 g/mol. The summed E-state index contributed by atoms with van der Waals surface area (Å²) in [5, 5.41) is 42.1. The van der Waals surface area contributed by atoms with Gasteiger partial charge in [0.15, 0.2) is 11.5 Å². The Labute approximate surface area is 127 Å². The molecule has 0 aliphatic rings. The maximum Gasteiger partial charge on any atom is 0.201 e. The van der Waals surface area contributed by atoms with Gasteiger partial charge in [0, 0.05) is 5.56 Å². The molecule has 112 valence electrons. The Bertz CT molecular complexity index is 868. The predicted molar refractivity (Wildman–Crippen MR) is 85.5 cm³/mol. The summed E-state index contributed by atoms with van der Waals surface area (Å²) < 4.78 is 0. The van der Waals surface area contributed by atoms with Crippen LogP contribution in [0.4, 0.5) is 0 Å². The summed E-state index contributed by atoms with van der Waals surface area (Å²) in [6.07, 6.45) is 0. The molecule has 0 bridgehead atoms. The summed E-state index contributed by atoms with van der Waals surface area (Å²) in [4.78, 5) is 0. The minimum absolute atomic E-state index is 0.121. The number of aryl methyl sites for hydroxylation is 1. The van der Waals surface area contributed by atoms with E-state index in [9.17, 15) is 20.4 Å². The number of fused-ring (bicyclic) bond motifs is 1. The molecule has 0 spiro atoms. The third-order valence-electron chi connectivity index (χ3n) is 4.10. The van der Waals surface area contributed by atoms with Crippen LogP contribution in [0.5, 0.6) is 23.0 Å². The van der Waals surface area contributed by atoms with Gasteiger partial charge in [-0.2, -0.15) is 0 Å². The third kappa shape index (κ3) is 1.84. The Morgan fingerprint density at radius 2 is 1.32 bits per heavy atom.